The molecule has 64 valence electrons. The molecular weight excluding hydrogens is 142 g/mol. The topological polar surface area (TPSA) is 38.7 Å². The Morgan fingerprint density at radius 1 is 1.36 bits per heavy atom. The first kappa shape index (κ1) is 10.1. The van der Waals surface area contributed by atoms with Crippen LogP contribution < -0.4 is 0 Å². The average Bonchev–Trinajstić information content (AvgIpc) is 1.82. The van der Waals surface area contributed by atoms with Crippen molar-refractivity contribution in [1.82, 2.24) is 0 Å². The lowest BCUT2D eigenvalue weighted by Crippen LogP contribution is -2.12. The molecule has 11 heavy (non-hydrogen) atoms. The van der Waals surface area contributed by atoms with Gasteiger partial charge in [-0.05, 0) is 27.7 Å². The number of aliphatic imine (C=N–C) groups is 1. The molecule has 0 N–H and O–H groups in total. The van der Waals surface area contributed by atoms with E-state index >= 15 is 0 Å². The van der Waals surface area contributed by atoms with Crippen LogP contribution in [0.3, 0.4) is 0 Å². The molecule has 3 heteroatoms. The summed E-state index contributed by atoms with van der Waals surface area (Å²) >= 11 is 0. The SMILES string of the molecule is CC(C)N=CC(=O)OC(C)C. The van der Waals surface area contributed by atoms with Crippen LogP contribution in [0.5, 0.6) is 0 Å². The van der Waals surface area contributed by atoms with Gasteiger partial charge in [-0.3, -0.25) is 4.99 Å². The van der Waals surface area contributed by atoms with Gasteiger partial charge >= 0.3 is 5.97 Å². The highest BCUT2D eigenvalue weighted by molar-refractivity contribution is 6.23. The smallest absolute Gasteiger partial charge is 0.349 e. The first-order valence-electron chi connectivity index (χ1n) is 3.76. The number of esters is 1. The lowest BCUT2D eigenvalue weighted by molar-refractivity contribution is -0.138. The highest BCUT2D eigenvalue weighted by Gasteiger charge is 2.00. The quantitative estimate of drug-likeness (QED) is 0.459. The van der Waals surface area contributed by atoms with E-state index < -0.39 is 0 Å². The van der Waals surface area contributed by atoms with Crippen LogP contribution in [0.15, 0.2) is 4.99 Å². The molecule has 0 aliphatic heterocycles. The second-order valence-electron chi connectivity index (χ2n) is 2.86. The van der Waals surface area contributed by atoms with E-state index in [9.17, 15) is 4.79 Å². The van der Waals surface area contributed by atoms with Crippen molar-refractivity contribution in [2.75, 3.05) is 0 Å². The van der Waals surface area contributed by atoms with Gasteiger partial charge in [-0.25, -0.2) is 4.79 Å². The van der Waals surface area contributed by atoms with Crippen LogP contribution >= 0.6 is 0 Å². The fraction of sp³-hybridized carbons (Fsp3) is 0.750. The number of nitrogens with zero attached hydrogens (tertiary/aromatic N) is 1. The lowest BCUT2D eigenvalue weighted by atomic mass is 10.4. The Bertz CT molecular complexity index is 150. The highest BCUT2D eigenvalue weighted by atomic mass is 16.5. The molecule has 0 saturated heterocycles. The van der Waals surface area contributed by atoms with Crippen LogP contribution in [0, 0.1) is 0 Å². The number of carbonyl (C=O) groups excluding carboxylic acids is 1. The predicted molar refractivity (Wildman–Crippen MR) is 44.9 cm³/mol. The summed E-state index contributed by atoms with van der Waals surface area (Å²) in [6, 6.07) is 0.148. The Morgan fingerprint density at radius 2 is 1.91 bits per heavy atom. The van der Waals surface area contributed by atoms with Gasteiger partial charge in [0.15, 0.2) is 0 Å². The van der Waals surface area contributed by atoms with Crippen LogP contribution in [0.4, 0.5) is 0 Å². The molecule has 0 spiro atoms. The van der Waals surface area contributed by atoms with E-state index in [1.165, 1.54) is 6.21 Å². The third-order valence-corrected chi connectivity index (χ3v) is 0.830. The fourth-order valence-electron chi connectivity index (χ4n) is 0.473. The summed E-state index contributed by atoms with van der Waals surface area (Å²) in [5, 5.41) is 0. The van der Waals surface area contributed by atoms with Crippen LogP contribution in [0.2, 0.25) is 0 Å². The van der Waals surface area contributed by atoms with Crippen molar-refractivity contribution >= 4 is 12.2 Å². The van der Waals surface area contributed by atoms with E-state index in [0.717, 1.165) is 0 Å². The third kappa shape index (κ3) is 7.03. The van der Waals surface area contributed by atoms with Crippen LogP contribution in [0.25, 0.3) is 0 Å². The monoisotopic (exact) mass is 157 g/mol. The summed E-state index contributed by atoms with van der Waals surface area (Å²) < 4.78 is 4.81. The first-order chi connectivity index (χ1) is 5.02. The van der Waals surface area contributed by atoms with Gasteiger partial charge in [0, 0.05) is 6.04 Å². The van der Waals surface area contributed by atoms with E-state index in [2.05, 4.69) is 4.99 Å². The average molecular weight is 157 g/mol. The Hall–Kier alpha value is -0.860. The largest absolute Gasteiger partial charge is 0.459 e. The summed E-state index contributed by atoms with van der Waals surface area (Å²) in [6.45, 7) is 7.42. The predicted octanol–water partition coefficient (Wildman–Crippen LogP) is 1.42. The van der Waals surface area contributed by atoms with Crippen molar-refractivity contribution < 1.29 is 9.53 Å². The molecule has 0 bridgehead atoms. The molecule has 0 radical (unpaired) electrons. The molecule has 0 fully saturated rings. The van der Waals surface area contributed by atoms with E-state index in [0.29, 0.717) is 0 Å². The van der Waals surface area contributed by atoms with E-state index in [1.807, 2.05) is 13.8 Å². The van der Waals surface area contributed by atoms with Gasteiger partial charge in [-0.2, -0.15) is 0 Å². The zero-order chi connectivity index (χ0) is 8.85. The number of rotatable bonds is 3. The number of hydrogen-bond donors (Lipinski definition) is 0. The third-order valence-electron chi connectivity index (χ3n) is 0.830. The van der Waals surface area contributed by atoms with Gasteiger partial charge in [-0.1, -0.05) is 0 Å². The van der Waals surface area contributed by atoms with E-state index in [-0.39, 0.29) is 18.1 Å². The minimum Gasteiger partial charge on any atom is -0.459 e. The standard InChI is InChI=1S/C8H15NO2/c1-6(2)9-5-8(10)11-7(3)4/h5-7H,1-4H3. The lowest BCUT2D eigenvalue weighted by Gasteiger charge is -2.03. The van der Waals surface area contributed by atoms with Crippen molar-refractivity contribution in [2.24, 2.45) is 4.99 Å². The molecule has 0 aromatic heterocycles. The highest BCUT2D eigenvalue weighted by Crippen LogP contribution is 1.88. The van der Waals surface area contributed by atoms with Gasteiger partial charge in [0.1, 0.15) is 6.21 Å². The molecule has 0 aliphatic rings. The Kier molecular flexibility index (Phi) is 4.50. The summed E-state index contributed by atoms with van der Waals surface area (Å²) in [4.78, 5) is 14.7. The number of hydrogen-bond acceptors (Lipinski definition) is 3. The second kappa shape index (κ2) is 4.88. The van der Waals surface area contributed by atoms with Crippen LogP contribution in [-0.2, 0) is 9.53 Å². The van der Waals surface area contributed by atoms with Crippen molar-refractivity contribution in [3.63, 3.8) is 0 Å². The second-order valence-corrected chi connectivity index (χ2v) is 2.86. The van der Waals surface area contributed by atoms with Gasteiger partial charge in [0.05, 0.1) is 6.10 Å². The first-order valence-corrected chi connectivity index (χ1v) is 3.76. The Morgan fingerprint density at radius 3 is 2.27 bits per heavy atom. The molecule has 0 aromatic carbocycles. The maximum Gasteiger partial charge on any atom is 0.349 e. The van der Waals surface area contributed by atoms with Crippen LogP contribution in [-0.4, -0.2) is 24.3 Å². The zero-order valence-electron chi connectivity index (χ0n) is 7.50. The van der Waals surface area contributed by atoms with Crippen molar-refractivity contribution in [3.8, 4) is 0 Å². The number of carbonyl (C=O) groups is 1. The molecule has 0 aromatic rings. The fourth-order valence-corrected chi connectivity index (χ4v) is 0.473. The maximum atomic E-state index is 10.8. The molecule has 0 rings (SSSR count). The van der Waals surface area contributed by atoms with Gasteiger partial charge in [0.2, 0.25) is 0 Å². The molecule has 0 heterocycles. The molecule has 0 saturated carbocycles. The van der Waals surface area contributed by atoms with E-state index in [1.54, 1.807) is 13.8 Å². The molecule has 0 atom stereocenters. The van der Waals surface area contributed by atoms with E-state index in [4.69, 9.17) is 4.74 Å². The van der Waals surface area contributed by atoms with Gasteiger partial charge in [0.25, 0.3) is 0 Å². The normalized spacial score (nSPS) is 11.5. The molecule has 0 unspecified atom stereocenters. The van der Waals surface area contributed by atoms with Gasteiger partial charge in [-0.15, -0.1) is 0 Å². The summed E-state index contributed by atoms with van der Waals surface area (Å²) in [5.41, 5.74) is 0. The van der Waals surface area contributed by atoms with Crippen LogP contribution in [0.1, 0.15) is 27.7 Å². The number of ether oxygens (including phenoxy) is 1. The Labute approximate surface area is 67.5 Å². The minimum atomic E-state index is -0.367. The molecule has 0 amide bonds. The maximum absolute atomic E-state index is 10.8. The molecule has 3 nitrogen and oxygen atoms in total. The summed E-state index contributed by atoms with van der Waals surface area (Å²) in [5.74, 6) is -0.367. The van der Waals surface area contributed by atoms with Gasteiger partial charge < -0.3 is 4.74 Å². The summed E-state index contributed by atoms with van der Waals surface area (Å²) in [7, 11) is 0. The summed E-state index contributed by atoms with van der Waals surface area (Å²) in [6.07, 6.45) is 1.16. The van der Waals surface area contributed by atoms with Crippen molar-refractivity contribution in [2.45, 2.75) is 39.8 Å². The minimum absolute atomic E-state index is 0.0684. The zero-order valence-corrected chi connectivity index (χ0v) is 7.50. The van der Waals surface area contributed by atoms with Crippen molar-refractivity contribution in [3.05, 3.63) is 0 Å². The Balaban J connectivity index is 3.69. The molecule has 0 aliphatic carbocycles. The molecular formula is C8H15NO2. The van der Waals surface area contributed by atoms with Crippen molar-refractivity contribution in [1.29, 1.82) is 0 Å².